The van der Waals surface area contributed by atoms with Gasteiger partial charge < -0.3 is 9.13 Å². The molecule has 10 rings (SSSR count). The maximum Gasteiger partial charge on any atom is 0.197 e. The molecular formula is C53H30N6. The number of benzene rings is 8. The zero-order chi connectivity index (χ0) is 40.2. The molecular weight excluding hydrogens is 721 g/mol. The summed E-state index contributed by atoms with van der Waals surface area (Å²) in [5, 5.41) is 14.3. The van der Waals surface area contributed by atoms with Gasteiger partial charge in [-0.3, -0.25) is 0 Å². The quantitative estimate of drug-likeness (QED) is 0.162. The highest BCUT2D eigenvalue weighted by Crippen LogP contribution is 2.44. The molecule has 2 aromatic heterocycles. The van der Waals surface area contributed by atoms with Crippen molar-refractivity contribution in [2.75, 3.05) is 0 Å². The van der Waals surface area contributed by atoms with Crippen molar-refractivity contribution in [1.29, 1.82) is 5.26 Å². The molecule has 0 saturated heterocycles. The van der Waals surface area contributed by atoms with Crippen LogP contribution in [0.1, 0.15) is 11.1 Å². The van der Waals surface area contributed by atoms with Gasteiger partial charge in [-0.1, -0.05) is 103 Å². The predicted octanol–water partition coefficient (Wildman–Crippen LogP) is 14.7. The van der Waals surface area contributed by atoms with Crippen molar-refractivity contribution in [2.24, 2.45) is 0 Å². The summed E-state index contributed by atoms with van der Waals surface area (Å²) < 4.78 is 4.56. The van der Waals surface area contributed by atoms with Gasteiger partial charge in [0.05, 0.1) is 64.8 Å². The molecule has 6 heteroatoms. The maximum atomic E-state index is 10.0. The van der Waals surface area contributed by atoms with Crippen LogP contribution < -0.4 is 0 Å². The average molecular weight is 751 g/mol. The minimum atomic E-state index is 0.461. The highest BCUT2D eigenvalue weighted by molar-refractivity contribution is 6.13. The van der Waals surface area contributed by atoms with E-state index in [4.69, 9.17) is 19.7 Å². The number of aryl methyl sites for hydroxylation is 1. The smallest absolute Gasteiger partial charge is 0.197 e. The predicted molar refractivity (Wildman–Crippen MR) is 240 cm³/mol. The number of nitriles is 1. The first-order valence-electron chi connectivity index (χ1n) is 19.1. The van der Waals surface area contributed by atoms with Crippen LogP contribution >= 0.6 is 0 Å². The van der Waals surface area contributed by atoms with E-state index in [1.807, 2.05) is 85.8 Å². The van der Waals surface area contributed by atoms with Crippen LogP contribution in [0.5, 0.6) is 0 Å². The molecule has 8 aromatic carbocycles. The number of fused-ring (bicyclic) bond motifs is 6. The van der Waals surface area contributed by atoms with Gasteiger partial charge in [-0.05, 0) is 107 Å². The summed E-state index contributed by atoms with van der Waals surface area (Å²) in [6.07, 6.45) is 0. The SMILES string of the molecule is [C-]#[N+]c1cccc(-c2ccc3c4ccccc4n(-c4cc([N+]#[C-])c(-c5cc(C)cc(C#N)c5)cc4-n4c5ccccc5c5ccc(-c6cccc([N+]#[C-])c6)cc54)c3c2)c1. The third-order valence-electron chi connectivity index (χ3n) is 11.2. The van der Waals surface area contributed by atoms with Crippen LogP contribution in [0.25, 0.3) is 103 Å². The standard InChI is InChI=1S/C53H30N6/c1-33-23-34(32-54)25-39(24-33)46-30-52(58-48-17-7-5-15-42(48)44-21-19-37(28-50(44)58)35-11-9-13-40(26-35)55-2)53(31-47(46)57-4)59-49-18-8-6-16-43(49)45-22-20-38(29-51(45)59)36-12-10-14-41(27-36)56-3/h5-31H,1H3. The fourth-order valence-electron chi connectivity index (χ4n) is 8.58. The van der Waals surface area contributed by atoms with Gasteiger partial charge in [0.1, 0.15) is 0 Å². The van der Waals surface area contributed by atoms with Crippen molar-refractivity contribution >= 4 is 60.7 Å². The van der Waals surface area contributed by atoms with E-state index in [1.54, 1.807) is 0 Å². The number of nitrogens with zero attached hydrogens (tertiary/aromatic N) is 6. The van der Waals surface area contributed by atoms with Gasteiger partial charge in [0.25, 0.3) is 0 Å². The van der Waals surface area contributed by atoms with Crippen molar-refractivity contribution < 1.29 is 0 Å². The Kier molecular flexibility index (Phi) is 8.14. The molecule has 0 radical (unpaired) electrons. The Bertz CT molecular complexity index is 3570. The topological polar surface area (TPSA) is 46.7 Å². The van der Waals surface area contributed by atoms with Gasteiger partial charge in [-0.25, -0.2) is 14.5 Å². The lowest BCUT2D eigenvalue weighted by atomic mass is 9.97. The first-order valence-corrected chi connectivity index (χ1v) is 19.1. The van der Waals surface area contributed by atoms with E-state index in [0.29, 0.717) is 22.6 Å². The summed E-state index contributed by atoms with van der Waals surface area (Å²) in [4.78, 5) is 11.6. The van der Waals surface area contributed by atoms with Gasteiger partial charge in [0.15, 0.2) is 17.1 Å². The third-order valence-corrected chi connectivity index (χ3v) is 11.2. The molecule has 6 nitrogen and oxygen atoms in total. The van der Waals surface area contributed by atoms with Crippen molar-refractivity contribution in [3.8, 4) is 50.8 Å². The highest BCUT2D eigenvalue weighted by atomic mass is 15.1. The van der Waals surface area contributed by atoms with Crippen molar-refractivity contribution in [3.63, 3.8) is 0 Å². The zero-order valence-corrected chi connectivity index (χ0v) is 31.8. The molecule has 10 aromatic rings. The molecule has 0 unspecified atom stereocenters. The Labute approximate surface area is 340 Å². The van der Waals surface area contributed by atoms with Crippen LogP contribution in [0, 0.1) is 38.0 Å². The minimum Gasteiger partial charge on any atom is -0.308 e. The van der Waals surface area contributed by atoms with Crippen LogP contribution in [0.4, 0.5) is 17.1 Å². The van der Waals surface area contributed by atoms with Crippen molar-refractivity contribution in [1.82, 2.24) is 9.13 Å². The molecule has 0 aliphatic rings. The molecule has 0 aliphatic heterocycles. The Morgan fingerprint density at radius 2 is 0.949 bits per heavy atom. The van der Waals surface area contributed by atoms with Crippen molar-refractivity contribution in [2.45, 2.75) is 6.92 Å². The molecule has 59 heavy (non-hydrogen) atoms. The number of hydrogen-bond donors (Lipinski definition) is 0. The van der Waals surface area contributed by atoms with Gasteiger partial charge in [-0.2, -0.15) is 5.26 Å². The molecule has 2 heterocycles. The number of hydrogen-bond acceptors (Lipinski definition) is 1. The van der Waals surface area contributed by atoms with E-state index < -0.39 is 0 Å². The van der Waals surface area contributed by atoms with Gasteiger partial charge >= 0.3 is 0 Å². The van der Waals surface area contributed by atoms with Gasteiger partial charge in [-0.15, -0.1) is 0 Å². The van der Waals surface area contributed by atoms with Gasteiger partial charge in [0, 0.05) is 21.5 Å². The van der Waals surface area contributed by atoms with Gasteiger partial charge in [0.2, 0.25) is 0 Å². The number of rotatable bonds is 5. The Morgan fingerprint density at radius 3 is 1.47 bits per heavy atom. The van der Waals surface area contributed by atoms with E-state index in [0.717, 1.165) is 93.9 Å². The first kappa shape index (κ1) is 34.8. The number of aromatic nitrogens is 2. The second kappa shape index (κ2) is 13.8. The number of para-hydroxylation sites is 2. The first-order chi connectivity index (χ1) is 29.0. The highest BCUT2D eigenvalue weighted by Gasteiger charge is 2.23. The van der Waals surface area contributed by atoms with Crippen LogP contribution in [0.2, 0.25) is 0 Å². The normalized spacial score (nSPS) is 11.1. The molecule has 0 spiro atoms. The summed E-state index contributed by atoms with van der Waals surface area (Å²) in [5.74, 6) is 0. The van der Waals surface area contributed by atoms with E-state index in [2.05, 4.69) is 115 Å². The largest absolute Gasteiger partial charge is 0.308 e. The lowest BCUT2D eigenvalue weighted by Gasteiger charge is -2.20. The van der Waals surface area contributed by atoms with Crippen LogP contribution in [-0.4, -0.2) is 9.13 Å². The molecule has 0 atom stereocenters. The monoisotopic (exact) mass is 750 g/mol. The molecule has 0 aliphatic carbocycles. The van der Waals surface area contributed by atoms with E-state index >= 15 is 0 Å². The minimum absolute atomic E-state index is 0.461. The Hall–Kier alpha value is -8.68. The van der Waals surface area contributed by atoms with Crippen LogP contribution in [-0.2, 0) is 0 Å². The Morgan fingerprint density at radius 1 is 0.441 bits per heavy atom. The van der Waals surface area contributed by atoms with Crippen LogP contribution in [0.15, 0.2) is 164 Å². The molecule has 0 amide bonds. The average Bonchev–Trinajstić information content (AvgIpc) is 3.80. The fraction of sp³-hybridized carbons (Fsp3) is 0.0189. The molecule has 0 fully saturated rings. The lowest BCUT2D eigenvalue weighted by molar-refractivity contribution is 1.10. The summed E-state index contributed by atoms with van der Waals surface area (Å²) in [6, 6.07) is 57.2. The van der Waals surface area contributed by atoms with Crippen LogP contribution in [0.3, 0.4) is 0 Å². The molecule has 272 valence electrons. The summed E-state index contributed by atoms with van der Waals surface area (Å²) >= 11 is 0. The van der Waals surface area contributed by atoms with Crippen molar-refractivity contribution in [3.05, 3.63) is 209 Å². The summed E-state index contributed by atoms with van der Waals surface area (Å²) in [7, 11) is 0. The molecule has 0 bridgehead atoms. The fourth-order valence-corrected chi connectivity index (χ4v) is 8.58. The Balaban J connectivity index is 1.36. The lowest BCUT2D eigenvalue weighted by Crippen LogP contribution is -2.04. The van der Waals surface area contributed by atoms with E-state index in [1.165, 1.54) is 0 Å². The summed E-state index contributed by atoms with van der Waals surface area (Å²) in [6.45, 7) is 25.9. The second-order valence-corrected chi connectivity index (χ2v) is 14.7. The third kappa shape index (κ3) is 5.69. The maximum absolute atomic E-state index is 10.0. The molecule has 0 saturated carbocycles. The van der Waals surface area contributed by atoms with E-state index in [-0.39, 0.29) is 0 Å². The second-order valence-electron chi connectivity index (χ2n) is 14.7. The summed E-state index contributed by atoms with van der Waals surface area (Å²) in [5.41, 5.74) is 14.0. The van der Waals surface area contributed by atoms with E-state index in [9.17, 15) is 5.26 Å². The molecule has 0 N–H and O–H groups in total. The zero-order valence-electron chi connectivity index (χ0n) is 31.8.